The highest BCUT2D eigenvalue weighted by atomic mass is 16.7. The van der Waals surface area contributed by atoms with Gasteiger partial charge in [0.2, 0.25) is 0 Å². The van der Waals surface area contributed by atoms with Crippen molar-refractivity contribution in [1.82, 2.24) is 5.32 Å². The average Bonchev–Trinajstić information content (AvgIpc) is 2.60. The molecule has 8 heteroatoms. The first-order valence-electron chi connectivity index (χ1n) is 9.33. The van der Waals surface area contributed by atoms with Crippen LogP contribution in [0.3, 0.4) is 0 Å². The van der Waals surface area contributed by atoms with E-state index in [0.717, 1.165) is 5.56 Å². The normalized spacial score (nSPS) is 12.0. The topological polar surface area (TPSA) is 117 Å². The molecule has 1 aromatic carbocycles. The highest BCUT2D eigenvalue weighted by Crippen LogP contribution is 2.10. The van der Waals surface area contributed by atoms with Crippen LogP contribution in [-0.4, -0.2) is 43.0 Å². The third-order valence-corrected chi connectivity index (χ3v) is 3.56. The van der Waals surface area contributed by atoms with Crippen LogP contribution in [0.2, 0.25) is 0 Å². The Morgan fingerprint density at radius 1 is 1.11 bits per heavy atom. The zero-order valence-electron chi connectivity index (χ0n) is 16.7. The van der Waals surface area contributed by atoms with Gasteiger partial charge in [-0.25, -0.2) is 14.4 Å². The van der Waals surface area contributed by atoms with Gasteiger partial charge in [0.15, 0.2) is 0 Å². The van der Waals surface area contributed by atoms with E-state index in [4.69, 9.17) is 19.9 Å². The summed E-state index contributed by atoms with van der Waals surface area (Å²) in [6, 6.07) is 8.53. The van der Waals surface area contributed by atoms with Gasteiger partial charge in [0.25, 0.3) is 0 Å². The van der Waals surface area contributed by atoms with E-state index in [-0.39, 0.29) is 13.0 Å². The molecule has 0 saturated carbocycles. The van der Waals surface area contributed by atoms with E-state index in [9.17, 15) is 14.4 Å². The van der Waals surface area contributed by atoms with Crippen molar-refractivity contribution >= 4 is 18.2 Å². The molecular formula is C20H30N2O6. The molecule has 0 fully saturated rings. The maximum atomic E-state index is 12.2. The first-order chi connectivity index (χ1) is 13.2. The molecule has 0 aromatic heterocycles. The van der Waals surface area contributed by atoms with Crippen LogP contribution in [0.15, 0.2) is 30.3 Å². The van der Waals surface area contributed by atoms with Crippen molar-refractivity contribution < 1.29 is 28.6 Å². The summed E-state index contributed by atoms with van der Waals surface area (Å²) in [6.45, 7) is 5.57. The van der Waals surface area contributed by atoms with Crippen molar-refractivity contribution in [2.24, 2.45) is 5.73 Å². The third-order valence-electron chi connectivity index (χ3n) is 3.56. The highest BCUT2D eigenvalue weighted by Gasteiger charge is 2.27. The molecule has 8 nitrogen and oxygen atoms in total. The van der Waals surface area contributed by atoms with Crippen LogP contribution in [0.1, 0.15) is 45.6 Å². The van der Waals surface area contributed by atoms with Crippen molar-refractivity contribution in [1.29, 1.82) is 0 Å². The molecule has 0 aliphatic heterocycles. The fourth-order valence-electron chi connectivity index (χ4n) is 2.26. The van der Waals surface area contributed by atoms with Crippen molar-refractivity contribution in [2.75, 3.05) is 13.2 Å². The fraction of sp³-hybridized carbons (Fsp3) is 0.550. The molecule has 0 heterocycles. The molecule has 0 spiro atoms. The van der Waals surface area contributed by atoms with Crippen LogP contribution in [0.4, 0.5) is 9.59 Å². The zero-order valence-corrected chi connectivity index (χ0v) is 16.7. The first kappa shape index (κ1) is 23.4. The zero-order chi connectivity index (χ0) is 21.0. The Balaban J connectivity index is 2.53. The Morgan fingerprint density at radius 2 is 1.79 bits per heavy atom. The number of rotatable bonds is 9. The van der Waals surface area contributed by atoms with Gasteiger partial charge in [-0.3, -0.25) is 0 Å². The molecule has 3 N–H and O–H groups in total. The first-order valence-corrected chi connectivity index (χ1v) is 9.33. The Kier molecular flexibility index (Phi) is 10.0. The van der Waals surface area contributed by atoms with E-state index in [2.05, 4.69) is 5.32 Å². The molecule has 0 unspecified atom stereocenters. The van der Waals surface area contributed by atoms with Crippen LogP contribution < -0.4 is 11.1 Å². The summed E-state index contributed by atoms with van der Waals surface area (Å²) < 4.78 is 14.8. The lowest BCUT2D eigenvalue weighted by molar-refractivity contribution is -0.144. The molecule has 1 amide bonds. The van der Waals surface area contributed by atoms with Crippen molar-refractivity contribution in [3.05, 3.63) is 35.9 Å². The minimum atomic E-state index is -1.11. The van der Waals surface area contributed by atoms with E-state index in [1.54, 1.807) is 20.8 Å². The second-order valence-corrected chi connectivity index (χ2v) is 7.24. The Morgan fingerprint density at radius 3 is 2.39 bits per heavy atom. The number of nitrogens with two attached hydrogens (primary N) is 1. The van der Waals surface area contributed by atoms with Crippen LogP contribution in [0.25, 0.3) is 0 Å². The number of hydrogen-bond donors (Lipinski definition) is 2. The molecule has 1 aromatic rings. The largest absolute Gasteiger partial charge is 0.516 e. The highest BCUT2D eigenvalue weighted by molar-refractivity contribution is 5.88. The fourth-order valence-corrected chi connectivity index (χ4v) is 2.26. The molecular weight excluding hydrogens is 364 g/mol. The van der Waals surface area contributed by atoms with E-state index in [1.807, 2.05) is 30.3 Å². The Bertz CT molecular complexity index is 627. The number of hydrogen-bond acceptors (Lipinski definition) is 7. The molecule has 0 radical (unpaired) electrons. The van der Waals surface area contributed by atoms with Gasteiger partial charge in [0, 0.05) is 6.42 Å². The van der Waals surface area contributed by atoms with Crippen molar-refractivity contribution in [3.63, 3.8) is 0 Å². The van der Waals surface area contributed by atoms with E-state index < -0.39 is 29.9 Å². The number of amides is 1. The number of carbonyl (C=O) groups is 3. The number of nitrogens with one attached hydrogen (secondary N) is 1. The summed E-state index contributed by atoms with van der Waals surface area (Å²) in [5, 5.41) is 2.45. The van der Waals surface area contributed by atoms with Crippen LogP contribution >= 0.6 is 0 Å². The van der Waals surface area contributed by atoms with Crippen molar-refractivity contribution in [2.45, 2.75) is 58.1 Å². The lowest BCUT2D eigenvalue weighted by Gasteiger charge is -2.20. The van der Waals surface area contributed by atoms with Gasteiger partial charge < -0.3 is 25.3 Å². The molecule has 1 rings (SSSR count). The van der Waals surface area contributed by atoms with Crippen molar-refractivity contribution in [3.8, 4) is 0 Å². The number of esters is 1. The molecule has 1 atom stereocenters. The van der Waals surface area contributed by atoms with Gasteiger partial charge in [-0.15, -0.1) is 0 Å². The summed E-state index contributed by atoms with van der Waals surface area (Å²) in [7, 11) is 0. The number of alkyl carbamates (subject to hydrolysis) is 1. The molecule has 28 heavy (non-hydrogen) atoms. The van der Waals surface area contributed by atoms with E-state index in [0.29, 0.717) is 25.8 Å². The average molecular weight is 394 g/mol. The second-order valence-electron chi connectivity index (χ2n) is 7.24. The predicted octanol–water partition coefficient (Wildman–Crippen LogP) is 2.93. The van der Waals surface area contributed by atoms with Crippen LogP contribution in [0.5, 0.6) is 0 Å². The SMILES string of the molecule is CC(C)(C)OC(=O)OC(=O)[C@H](CCCCN)NC(=O)OCCc1ccccc1. The summed E-state index contributed by atoms with van der Waals surface area (Å²) in [5.74, 6) is -0.897. The Labute approximate surface area is 165 Å². The van der Waals surface area contributed by atoms with Gasteiger partial charge in [-0.2, -0.15) is 0 Å². The standard InChI is InChI=1S/C20H30N2O6/c1-20(2,3)28-19(25)27-17(23)16(11-7-8-13-21)22-18(24)26-14-12-15-9-5-4-6-10-15/h4-6,9-10,16H,7-8,11-14,21H2,1-3H3,(H,22,24)/t16-/m0/s1. The quantitative estimate of drug-likeness (QED) is 0.376. The van der Waals surface area contributed by atoms with Crippen LogP contribution in [-0.2, 0) is 25.4 Å². The van der Waals surface area contributed by atoms with Gasteiger partial charge in [-0.05, 0) is 52.1 Å². The molecule has 0 saturated heterocycles. The summed E-state index contributed by atoms with van der Waals surface area (Å²) >= 11 is 0. The van der Waals surface area contributed by atoms with Crippen LogP contribution in [0, 0.1) is 0 Å². The maximum absolute atomic E-state index is 12.2. The lowest BCUT2D eigenvalue weighted by atomic mass is 10.1. The minimum absolute atomic E-state index is 0.159. The summed E-state index contributed by atoms with van der Waals surface area (Å²) in [4.78, 5) is 35.9. The van der Waals surface area contributed by atoms with Gasteiger partial charge in [0.05, 0.1) is 6.61 Å². The maximum Gasteiger partial charge on any atom is 0.516 e. The van der Waals surface area contributed by atoms with Gasteiger partial charge in [-0.1, -0.05) is 30.3 Å². The number of benzene rings is 1. The number of carbonyl (C=O) groups excluding carboxylic acids is 3. The monoisotopic (exact) mass is 394 g/mol. The minimum Gasteiger partial charge on any atom is -0.449 e. The molecule has 156 valence electrons. The van der Waals surface area contributed by atoms with Gasteiger partial charge >= 0.3 is 18.2 Å². The number of unbranched alkanes of at least 4 members (excludes halogenated alkanes) is 1. The molecule has 0 bridgehead atoms. The lowest BCUT2D eigenvalue weighted by Crippen LogP contribution is -2.43. The Hall–Kier alpha value is -2.61. The smallest absolute Gasteiger partial charge is 0.449 e. The molecule has 0 aliphatic rings. The van der Waals surface area contributed by atoms with E-state index >= 15 is 0 Å². The molecule has 0 aliphatic carbocycles. The predicted molar refractivity (Wildman–Crippen MR) is 104 cm³/mol. The summed E-state index contributed by atoms with van der Waals surface area (Å²) in [6.07, 6.45) is 0.201. The number of ether oxygens (including phenoxy) is 3. The summed E-state index contributed by atoms with van der Waals surface area (Å²) in [5.41, 5.74) is 5.69. The van der Waals surface area contributed by atoms with E-state index in [1.165, 1.54) is 0 Å². The van der Waals surface area contributed by atoms with Gasteiger partial charge in [0.1, 0.15) is 11.6 Å². The second kappa shape index (κ2) is 12.0. The third kappa shape index (κ3) is 10.5.